The summed E-state index contributed by atoms with van der Waals surface area (Å²) in [6, 6.07) is 10.8. The summed E-state index contributed by atoms with van der Waals surface area (Å²) in [5, 5.41) is 2.99. The largest absolute Gasteiger partial charge is 0.497 e. The summed E-state index contributed by atoms with van der Waals surface area (Å²) in [5.41, 5.74) is 1.51. The van der Waals surface area contributed by atoms with Gasteiger partial charge in [-0.25, -0.2) is 0 Å². The molecule has 30 heavy (non-hydrogen) atoms. The number of nitrogens with one attached hydrogen (secondary N) is 1. The fourth-order valence-electron chi connectivity index (χ4n) is 3.75. The normalized spacial score (nSPS) is 14.4. The van der Waals surface area contributed by atoms with Gasteiger partial charge >= 0.3 is 0 Å². The predicted molar refractivity (Wildman–Crippen MR) is 115 cm³/mol. The summed E-state index contributed by atoms with van der Waals surface area (Å²) in [7, 11) is 3.28. The lowest BCUT2D eigenvalue weighted by atomic mass is 9.93. The van der Waals surface area contributed by atoms with Gasteiger partial charge in [0.25, 0.3) is 5.91 Å². The summed E-state index contributed by atoms with van der Waals surface area (Å²) < 4.78 is 6.63. The van der Waals surface area contributed by atoms with Crippen LogP contribution < -0.4 is 15.6 Å². The SMILES string of the molecule is COc1cccc(CCNC(=O)CC2CCN(C(=O)c3ccc(=O)n(C)c3)CC2)c1. The highest BCUT2D eigenvalue weighted by molar-refractivity contribution is 5.94. The van der Waals surface area contributed by atoms with Crippen molar-refractivity contribution >= 4 is 11.8 Å². The third-order valence-electron chi connectivity index (χ3n) is 5.58. The first-order valence-electron chi connectivity index (χ1n) is 10.3. The Morgan fingerprint density at radius 1 is 1.17 bits per heavy atom. The Morgan fingerprint density at radius 2 is 1.93 bits per heavy atom. The number of amides is 2. The lowest BCUT2D eigenvalue weighted by molar-refractivity contribution is -0.122. The number of methoxy groups -OCH3 is 1. The second-order valence-electron chi connectivity index (χ2n) is 7.76. The molecule has 1 fully saturated rings. The minimum absolute atomic E-state index is 0.0562. The van der Waals surface area contributed by atoms with Crippen LogP contribution in [0.3, 0.4) is 0 Å². The smallest absolute Gasteiger partial charge is 0.255 e. The maximum Gasteiger partial charge on any atom is 0.255 e. The third kappa shape index (κ3) is 5.72. The number of hydrogen-bond acceptors (Lipinski definition) is 4. The number of carbonyl (C=O) groups is 2. The summed E-state index contributed by atoms with van der Waals surface area (Å²) >= 11 is 0. The van der Waals surface area contributed by atoms with Crippen molar-refractivity contribution in [3.8, 4) is 5.75 Å². The van der Waals surface area contributed by atoms with Crippen LogP contribution >= 0.6 is 0 Å². The summed E-state index contributed by atoms with van der Waals surface area (Å²) in [4.78, 5) is 38.2. The van der Waals surface area contributed by atoms with Crippen LogP contribution in [0.25, 0.3) is 0 Å². The number of piperidine rings is 1. The zero-order chi connectivity index (χ0) is 21.5. The fourth-order valence-corrected chi connectivity index (χ4v) is 3.75. The minimum atomic E-state index is -0.136. The van der Waals surface area contributed by atoms with Gasteiger partial charge in [0.15, 0.2) is 0 Å². The van der Waals surface area contributed by atoms with Gasteiger partial charge in [-0.15, -0.1) is 0 Å². The molecule has 0 atom stereocenters. The third-order valence-corrected chi connectivity index (χ3v) is 5.58. The number of aromatic nitrogens is 1. The summed E-state index contributed by atoms with van der Waals surface area (Å²) in [6.07, 6.45) is 4.43. The predicted octanol–water partition coefficient (Wildman–Crippen LogP) is 2.00. The van der Waals surface area contributed by atoms with E-state index in [4.69, 9.17) is 4.74 Å². The highest BCUT2D eigenvalue weighted by atomic mass is 16.5. The zero-order valence-corrected chi connectivity index (χ0v) is 17.6. The Kier molecular flexibility index (Phi) is 7.27. The van der Waals surface area contributed by atoms with E-state index in [0.717, 1.165) is 30.6 Å². The molecule has 2 aromatic rings. The van der Waals surface area contributed by atoms with Gasteiger partial charge in [-0.2, -0.15) is 0 Å². The molecule has 1 aliphatic rings. The van der Waals surface area contributed by atoms with E-state index in [-0.39, 0.29) is 23.3 Å². The number of pyridine rings is 1. The topological polar surface area (TPSA) is 80.6 Å². The van der Waals surface area contributed by atoms with Crippen LogP contribution in [0.2, 0.25) is 0 Å². The maximum absolute atomic E-state index is 12.6. The average molecular weight is 412 g/mol. The van der Waals surface area contributed by atoms with Gasteiger partial charge in [0.2, 0.25) is 11.5 Å². The molecule has 2 heterocycles. The molecule has 7 nitrogen and oxygen atoms in total. The molecule has 1 aromatic heterocycles. The molecule has 1 saturated heterocycles. The molecule has 0 bridgehead atoms. The average Bonchev–Trinajstić information content (AvgIpc) is 2.76. The number of ether oxygens (including phenoxy) is 1. The molecule has 3 rings (SSSR count). The first-order chi connectivity index (χ1) is 14.5. The van der Waals surface area contributed by atoms with Crippen molar-refractivity contribution in [1.82, 2.24) is 14.8 Å². The molecule has 1 N–H and O–H groups in total. The second-order valence-corrected chi connectivity index (χ2v) is 7.76. The number of likely N-dealkylation sites (tertiary alicyclic amines) is 1. The van der Waals surface area contributed by atoms with Crippen LogP contribution in [0, 0.1) is 5.92 Å². The van der Waals surface area contributed by atoms with Crippen molar-refractivity contribution in [3.05, 3.63) is 64.1 Å². The molecule has 160 valence electrons. The van der Waals surface area contributed by atoms with Gasteiger partial charge in [-0.3, -0.25) is 14.4 Å². The van der Waals surface area contributed by atoms with Crippen LogP contribution in [0.5, 0.6) is 5.75 Å². The van der Waals surface area contributed by atoms with Gasteiger partial charge in [0, 0.05) is 45.4 Å². The van der Waals surface area contributed by atoms with Gasteiger partial charge in [0.05, 0.1) is 12.7 Å². The highest BCUT2D eigenvalue weighted by Crippen LogP contribution is 2.21. The van der Waals surface area contributed by atoms with Gasteiger partial charge < -0.3 is 19.5 Å². The molecule has 0 spiro atoms. The lowest BCUT2D eigenvalue weighted by Crippen LogP contribution is -2.40. The lowest BCUT2D eigenvalue weighted by Gasteiger charge is -2.31. The monoisotopic (exact) mass is 411 g/mol. The molecular weight excluding hydrogens is 382 g/mol. The zero-order valence-electron chi connectivity index (χ0n) is 17.6. The Hall–Kier alpha value is -3.09. The number of aryl methyl sites for hydroxylation is 1. The number of benzene rings is 1. The quantitative estimate of drug-likeness (QED) is 0.756. The van der Waals surface area contributed by atoms with Crippen molar-refractivity contribution in [2.45, 2.75) is 25.7 Å². The van der Waals surface area contributed by atoms with E-state index in [1.807, 2.05) is 24.3 Å². The summed E-state index contributed by atoms with van der Waals surface area (Å²) in [5.74, 6) is 1.09. The van der Waals surface area contributed by atoms with Crippen LogP contribution in [0.1, 0.15) is 35.2 Å². The molecule has 1 aromatic carbocycles. The molecule has 0 radical (unpaired) electrons. The first kappa shape index (κ1) is 21.6. The molecular formula is C23H29N3O4. The number of nitrogens with zero attached hydrogens (tertiary/aromatic N) is 2. The minimum Gasteiger partial charge on any atom is -0.497 e. The first-order valence-corrected chi connectivity index (χ1v) is 10.3. The van der Waals surface area contributed by atoms with E-state index in [0.29, 0.717) is 31.6 Å². The maximum atomic E-state index is 12.6. The van der Waals surface area contributed by atoms with Gasteiger partial charge in [0.1, 0.15) is 5.75 Å². The molecule has 0 aliphatic carbocycles. The van der Waals surface area contributed by atoms with E-state index < -0.39 is 0 Å². The fraction of sp³-hybridized carbons (Fsp3) is 0.435. The Balaban J connectivity index is 1.40. The molecule has 0 unspecified atom stereocenters. The van der Waals surface area contributed by atoms with Crippen molar-refractivity contribution in [2.75, 3.05) is 26.7 Å². The van der Waals surface area contributed by atoms with E-state index in [1.165, 1.54) is 10.6 Å². The Labute approximate surface area is 176 Å². The Morgan fingerprint density at radius 3 is 2.63 bits per heavy atom. The van der Waals surface area contributed by atoms with E-state index in [1.54, 1.807) is 31.3 Å². The van der Waals surface area contributed by atoms with Crippen LogP contribution in [0.15, 0.2) is 47.4 Å². The van der Waals surface area contributed by atoms with Crippen molar-refractivity contribution in [3.63, 3.8) is 0 Å². The van der Waals surface area contributed by atoms with Crippen LogP contribution in [-0.2, 0) is 18.3 Å². The van der Waals surface area contributed by atoms with Crippen molar-refractivity contribution in [1.29, 1.82) is 0 Å². The van der Waals surface area contributed by atoms with E-state index >= 15 is 0 Å². The van der Waals surface area contributed by atoms with E-state index in [9.17, 15) is 14.4 Å². The molecule has 7 heteroatoms. The van der Waals surface area contributed by atoms with E-state index in [2.05, 4.69) is 5.32 Å². The van der Waals surface area contributed by atoms with Crippen LogP contribution in [0.4, 0.5) is 0 Å². The molecule has 0 saturated carbocycles. The number of hydrogen-bond donors (Lipinski definition) is 1. The van der Waals surface area contributed by atoms with Gasteiger partial charge in [-0.1, -0.05) is 12.1 Å². The second kappa shape index (κ2) is 10.1. The number of rotatable bonds is 7. The van der Waals surface area contributed by atoms with Crippen molar-refractivity contribution in [2.24, 2.45) is 13.0 Å². The molecule has 1 aliphatic heterocycles. The van der Waals surface area contributed by atoms with Crippen LogP contribution in [-0.4, -0.2) is 48.0 Å². The Bertz CT molecular complexity index is 945. The van der Waals surface area contributed by atoms with Crippen molar-refractivity contribution < 1.29 is 14.3 Å². The standard InChI is InChI=1S/C23H29N3O4/c1-25-16-19(6-7-22(25)28)23(29)26-12-9-18(10-13-26)15-21(27)24-11-8-17-4-3-5-20(14-17)30-2/h3-7,14,16,18H,8-13,15H2,1-2H3,(H,24,27). The number of carbonyl (C=O) groups excluding carboxylic acids is 2. The highest BCUT2D eigenvalue weighted by Gasteiger charge is 2.25. The summed E-state index contributed by atoms with van der Waals surface area (Å²) in [6.45, 7) is 1.85. The molecule has 2 amide bonds. The van der Waals surface area contributed by atoms with Gasteiger partial charge in [-0.05, 0) is 48.9 Å².